The highest BCUT2D eigenvalue weighted by atomic mass is 32.2. The zero-order valence-corrected chi connectivity index (χ0v) is 16.0. The molecule has 1 aromatic carbocycles. The van der Waals surface area contributed by atoms with Gasteiger partial charge in [0.05, 0.1) is 17.1 Å². The van der Waals surface area contributed by atoms with E-state index < -0.39 is 10.0 Å². The van der Waals surface area contributed by atoms with Crippen LogP contribution >= 0.6 is 0 Å². The Labute approximate surface area is 159 Å². The average molecular weight is 389 g/mol. The Hall–Kier alpha value is -2.45. The molecule has 27 heavy (non-hydrogen) atoms. The second kappa shape index (κ2) is 8.49. The van der Waals surface area contributed by atoms with Crippen LogP contribution in [0.15, 0.2) is 47.5 Å². The minimum atomic E-state index is -3.54. The molecule has 1 aromatic heterocycles. The van der Waals surface area contributed by atoms with Crippen LogP contribution in [0.3, 0.4) is 0 Å². The summed E-state index contributed by atoms with van der Waals surface area (Å²) in [5.74, 6) is 0.0849. The van der Waals surface area contributed by atoms with Crippen molar-refractivity contribution in [3.63, 3.8) is 0 Å². The first-order valence-corrected chi connectivity index (χ1v) is 10.4. The maximum atomic E-state index is 12.8. The zero-order valence-electron chi connectivity index (χ0n) is 15.2. The summed E-state index contributed by atoms with van der Waals surface area (Å²) in [7, 11) is -3.54. The molecule has 0 radical (unpaired) electrons. The van der Waals surface area contributed by atoms with Gasteiger partial charge < -0.3 is 10.1 Å². The molecular weight excluding hydrogens is 366 g/mol. The Morgan fingerprint density at radius 2 is 1.96 bits per heavy atom. The van der Waals surface area contributed by atoms with Crippen LogP contribution < -0.4 is 10.1 Å². The number of carbonyl (C=O) groups excluding carboxylic acids is 1. The van der Waals surface area contributed by atoms with Crippen molar-refractivity contribution in [3.8, 4) is 5.88 Å². The molecule has 144 valence electrons. The molecule has 1 N–H and O–H groups in total. The summed E-state index contributed by atoms with van der Waals surface area (Å²) in [5.41, 5.74) is 0.787. The lowest BCUT2D eigenvalue weighted by Crippen LogP contribution is -2.35. The van der Waals surface area contributed by atoms with E-state index in [1.54, 1.807) is 30.3 Å². The largest absolute Gasteiger partial charge is 0.478 e. The van der Waals surface area contributed by atoms with E-state index in [1.807, 2.05) is 6.92 Å². The van der Waals surface area contributed by atoms with E-state index in [0.29, 0.717) is 36.8 Å². The van der Waals surface area contributed by atoms with E-state index in [2.05, 4.69) is 10.3 Å². The average Bonchev–Trinajstić information content (AvgIpc) is 2.69. The minimum absolute atomic E-state index is 0.187. The van der Waals surface area contributed by atoms with Gasteiger partial charge in [0, 0.05) is 31.0 Å². The maximum absolute atomic E-state index is 12.8. The van der Waals surface area contributed by atoms with Crippen molar-refractivity contribution in [2.45, 2.75) is 31.1 Å². The number of benzene rings is 1. The van der Waals surface area contributed by atoms with Gasteiger partial charge in [-0.2, -0.15) is 4.31 Å². The topological polar surface area (TPSA) is 88.6 Å². The first-order valence-electron chi connectivity index (χ1n) is 9.01. The second-order valence-corrected chi connectivity index (χ2v) is 8.20. The second-order valence-electron chi connectivity index (χ2n) is 6.26. The van der Waals surface area contributed by atoms with Gasteiger partial charge in [0.15, 0.2) is 0 Å². The van der Waals surface area contributed by atoms with Crippen molar-refractivity contribution in [2.75, 3.05) is 25.0 Å². The lowest BCUT2D eigenvalue weighted by Gasteiger charge is -2.26. The number of piperidine rings is 1. The van der Waals surface area contributed by atoms with Crippen LogP contribution in [0, 0.1) is 0 Å². The Morgan fingerprint density at radius 1 is 1.19 bits per heavy atom. The third kappa shape index (κ3) is 4.64. The van der Waals surface area contributed by atoms with E-state index in [0.717, 1.165) is 19.3 Å². The quantitative estimate of drug-likeness (QED) is 0.821. The summed E-state index contributed by atoms with van der Waals surface area (Å²) in [4.78, 5) is 16.6. The van der Waals surface area contributed by atoms with Crippen LogP contribution in [-0.4, -0.2) is 43.3 Å². The number of carbonyl (C=O) groups is 1. The van der Waals surface area contributed by atoms with Crippen LogP contribution in [0.4, 0.5) is 5.69 Å². The fourth-order valence-electron chi connectivity index (χ4n) is 2.94. The van der Waals surface area contributed by atoms with Gasteiger partial charge in [0.25, 0.3) is 5.91 Å². The minimum Gasteiger partial charge on any atom is -0.478 e. The molecule has 0 spiro atoms. The van der Waals surface area contributed by atoms with Crippen LogP contribution in [0.25, 0.3) is 0 Å². The Bertz CT molecular complexity index is 891. The molecule has 0 atom stereocenters. The molecule has 0 saturated carbocycles. The molecule has 0 bridgehead atoms. The lowest BCUT2D eigenvalue weighted by atomic mass is 10.2. The van der Waals surface area contributed by atoms with Gasteiger partial charge in [-0.3, -0.25) is 4.79 Å². The molecule has 3 rings (SSSR count). The lowest BCUT2D eigenvalue weighted by molar-refractivity contribution is 0.102. The third-order valence-corrected chi connectivity index (χ3v) is 6.23. The van der Waals surface area contributed by atoms with Gasteiger partial charge in [0.2, 0.25) is 15.9 Å². The maximum Gasteiger partial charge on any atom is 0.257 e. The molecule has 1 aliphatic heterocycles. The number of nitrogens with zero attached hydrogens (tertiary/aromatic N) is 2. The summed E-state index contributed by atoms with van der Waals surface area (Å²) >= 11 is 0. The summed E-state index contributed by atoms with van der Waals surface area (Å²) in [6.45, 7) is 3.43. The van der Waals surface area contributed by atoms with Crippen molar-refractivity contribution < 1.29 is 17.9 Å². The Balaban J connectivity index is 1.74. The first-order chi connectivity index (χ1) is 13.0. The summed E-state index contributed by atoms with van der Waals surface area (Å²) in [5, 5.41) is 2.72. The van der Waals surface area contributed by atoms with Crippen molar-refractivity contribution >= 4 is 21.6 Å². The molecule has 8 heteroatoms. The van der Waals surface area contributed by atoms with E-state index >= 15 is 0 Å². The standard InChI is InChI=1S/C19H23N3O4S/c1-2-26-18-10-9-15(14-20-18)19(23)21-16-7-6-8-17(13-16)27(24,25)22-11-4-3-5-12-22/h6-10,13-14H,2-5,11-12H2,1H3,(H,21,23). The number of nitrogens with one attached hydrogen (secondary N) is 1. The molecule has 2 heterocycles. The van der Waals surface area contributed by atoms with Gasteiger partial charge in [-0.05, 0) is 44.0 Å². The van der Waals surface area contributed by atoms with Gasteiger partial charge in [-0.15, -0.1) is 0 Å². The Morgan fingerprint density at radius 3 is 2.63 bits per heavy atom. The molecule has 1 fully saturated rings. The van der Waals surface area contributed by atoms with Gasteiger partial charge in [0.1, 0.15) is 0 Å². The predicted octanol–water partition coefficient (Wildman–Crippen LogP) is 2.91. The van der Waals surface area contributed by atoms with Gasteiger partial charge in [-0.1, -0.05) is 12.5 Å². The smallest absolute Gasteiger partial charge is 0.257 e. The monoisotopic (exact) mass is 389 g/mol. The highest BCUT2D eigenvalue weighted by molar-refractivity contribution is 7.89. The molecule has 1 aliphatic rings. The van der Waals surface area contributed by atoms with Crippen molar-refractivity contribution in [1.82, 2.24) is 9.29 Å². The molecule has 1 saturated heterocycles. The number of amides is 1. The summed E-state index contributed by atoms with van der Waals surface area (Å²) < 4.78 is 32.3. The number of pyridine rings is 1. The van der Waals surface area contributed by atoms with E-state index in [4.69, 9.17) is 4.74 Å². The fourth-order valence-corrected chi connectivity index (χ4v) is 4.50. The molecule has 7 nitrogen and oxygen atoms in total. The number of rotatable bonds is 6. The molecular formula is C19H23N3O4S. The van der Waals surface area contributed by atoms with Gasteiger partial charge in [-0.25, -0.2) is 13.4 Å². The van der Waals surface area contributed by atoms with Crippen LogP contribution in [-0.2, 0) is 10.0 Å². The van der Waals surface area contributed by atoms with Crippen LogP contribution in [0.2, 0.25) is 0 Å². The first kappa shape index (κ1) is 19.3. The molecule has 2 aromatic rings. The number of sulfonamides is 1. The van der Waals surface area contributed by atoms with Crippen molar-refractivity contribution in [1.29, 1.82) is 0 Å². The van der Waals surface area contributed by atoms with E-state index in [9.17, 15) is 13.2 Å². The zero-order chi connectivity index (χ0) is 19.3. The number of anilines is 1. The number of hydrogen-bond acceptors (Lipinski definition) is 5. The third-order valence-electron chi connectivity index (χ3n) is 4.34. The number of ether oxygens (including phenoxy) is 1. The fraction of sp³-hybridized carbons (Fsp3) is 0.368. The predicted molar refractivity (Wildman–Crippen MR) is 102 cm³/mol. The highest BCUT2D eigenvalue weighted by Gasteiger charge is 2.26. The number of hydrogen-bond donors (Lipinski definition) is 1. The molecule has 0 unspecified atom stereocenters. The van der Waals surface area contributed by atoms with Crippen molar-refractivity contribution in [2.24, 2.45) is 0 Å². The van der Waals surface area contributed by atoms with Crippen LogP contribution in [0.1, 0.15) is 36.5 Å². The van der Waals surface area contributed by atoms with E-state index in [-0.39, 0.29) is 10.8 Å². The highest BCUT2D eigenvalue weighted by Crippen LogP contribution is 2.23. The molecule has 1 amide bonds. The molecule has 0 aliphatic carbocycles. The van der Waals surface area contributed by atoms with Crippen molar-refractivity contribution in [3.05, 3.63) is 48.2 Å². The van der Waals surface area contributed by atoms with Crippen LogP contribution in [0.5, 0.6) is 5.88 Å². The number of aromatic nitrogens is 1. The van der Waals surface area contributed by atoms with Gasteiger partial charge >= 0.3 is 0 Å². The normalized spacial score (nSPS) is 15.3. The summed E-state index contributed by atoms with van der Waals surface area (Å²) in [6.07, 6.45) is 4.23. The SMILES string of the molecule is CCOc1ccc(C(=O)Nc2cccc(S(=O)(=O)N3CCCCC3)c2)cn1. The summed E-state index contributed by atoms with van der Waals surface area (Å²) in [6, 6.07) is 9.57. The van der Waals surface area contributed by atoms with E-state index in [1.165, 1.54) is 16.6 Å². The Kier molecular flexibility index (Phi) is 6.08.